The average Bonchev–Trinajstić information content (AvgIpc) is 3.29. The molecule has 0 radical (unpaired) electrons. The molecule has 0 saturated heterocycles. The predicted molar refractivity (Wildman–Crippen MR) is 112 cm³/mol. The lowest BCUT2D eigenvalue weighted by Gasteiger charge is -2.14. The van der Waals surface area contributed by atoms with Crippen LogP contribution >= 0.6 is 23.2 Å². The highest BCUT2D eigenvalue weighted by molar-refractivity contribution is 6.34. The molecule has 138 valence electrons. The quantitative estimate of drug-likeness (QED) is 0.490. The van der Waals surface area contributed by atoms with Crippen molar-refractivity contribution < 1.29 is 0 Å². The van der Waals surface area contributed by atoms with E-state index in [0.717, 1.165) is 11.4 Å². The van der Waals surface area contributed by atoms with E-state index in [4.69, 9.17) is 23.2 Å². The van der Waals surface area contributed by atoms with E-state index in [9.17, 15) is 0 Å². The van der Waals surface area contributed by atoms with Crippen LogP contribution in [0, 0.1) is 0 Å². The van der Waals surface area contributed by atoms with Crippen LogP contribution < -0.4 is 5.32 Å². The zero-order valence-electron chi connectivity index (χ0n) is 14.8. The molecule has 1 heterocycles. The lowest BCUT2D eigenvalue weighted by Crippen LogP contribution is -2.20. The van der Waals surface area contributed by atoms with Crippen molar-refractivity contribution in [1.82, 2.24) is 20.3 Å². The van der Waals surface area contributed by atoms with Gasteiger partial charge in [-0.1, -0.05) is 76.9 Å². The third-order valence-electron chi connectivity index (χ3n) is 4.97. The van der Waals surface area contributed by atoms with Crippen LogP contribution in [-0.2, 0) is 6.54 Å². The molecular weight excluding hydrogens is 391 g/mol. The molecule has 0 fully saturated rings. The van der Waals surface area contributed by atoms with Gasteiger partial charge in [-0.2, -0.15) is 0 Å². The number of hydrogen-bond acceptors (Lipinski definition) is 3. The highest BCUT2D eigenvalue weighted by atomic mass is 35.5. The van der Waals surface area contributed by atoms with Crippen molar-refractivity contribution in [3.63, 3.8) is 0 Å². The number of fused-ring (bicyclic) bond motifs is 3. The zero-order valence-corrected chi connectivity index (χ0v) is 16.3. The van der Waals surface area contributed by atoms with Crippen LogP contribution in [0.2, 0.25) is 10.0 Å². The van der Waals surface area contributed by atoms with Gasteiger partial charge in [-0.3, -0.25) is 0 Å². The smallest absolute Gasteiger partial charge is 0.0969 e. The van der Waals surface area contributed by atoms with E-state index in [1.807, 2.05) is 18.3 Å². The minimum absolute atomic E-state index is 0.137. The predicted octanol–water partition coefficient (Wildman–Crippen LogP) is 5.43. The topological polar surface area (TPSA) is 42.7 Å². The van der Waals surface area contributed by atoms with Gasteiger partial charge in [-0.15, -0.1) is 5.10 Å². The van der Waals surface area contributed by atoms with E-state index in [1.54, 1.807) is 10.7 Å². The molecule has 1 aliphatic rings. The molecule has 1 aliphatic carbocycles. The third-order valence-corrected chi connectivity index (χ3v) is 5.41. The first-order valence-corrected chi connectivity index (χ1v) is 9.74. The van der Waals surface area contributed by atoms with Crippen LogP contribution in [0.1, 0.15) is 22.9 Å². The standard InChI is InChI=1S/C22H16Cl2N4/c23-14-9-15(24)11-17(10-14)28-13-16(26-27-28)12-25-22-20-7-3-1-5-18(20)19-6-2-4-8-21(19)22/h1-11,13,22,25H,12H2. The van der Waals surface area contributed by atoms with Gasteiger partial charge >= 0.3 is 0 Å². The first-order valence-electron chi connectivity index (χ1n) is 8.98. The summed E-state index contributed by atoms with van der Waals surface area (Å²) in [5.41, 5.74) is 6.78. The molecule has 3 aromatic carbocycles. The van der Waals surface area contributed by atoms with Crippen molar-refractivity contribution in [1.29, 1.82) is 0 Å². The molecule has 4 nitrogen and oxygen atoms in total. The maximum atomic E-state index is 6.09. The van der Waals surface area contributed by atoms with Crippen LogP contribution in [0.5, 0.6) is 0 Å². The summed E-state index contributed by atoms with van der Waals surface area (Å²) in [6.45, 7) is 0.599. The van der Waals surface area contributed by atoms with Crippen LogP contribution in [-0.4, -0.2) is 15.0 Å². The fraction of sp³-hybridized carbons (Fsp3) is 0.0909. The monoisotopic (exact) mass is 406 g/mol. The van der Waals surface area contributed by atoms with Gasteiger partial charge in [0, 0.05) is 16.6 Å². The Hall–Kier alpha value is -2.66. The summed E-state index contributed by atoms with van der Waals surface area (Å²) in [4.78, 5) is 0. The van der Waals surface area contributed by atoms with Crippen molar-refractivity contribution in [3.8, 4) is 16.8 Å². The van der Waals surface area contributed by atoms with Crippen LogP contribution in [0.3, 0.4) is 0 Å². The van der Waals surface area contributed by atoms with Gasteiger partial charge in [0.25, 0.3) is 0 Å². The summed E-state index contributed by atoms with van der Waals surface area (Å²) in [7, 11) is 0. The summed E-state index contributed by atoms with van der Waals surface area (Å²) in [6, 6.07) is 22.5. The van der Waals surface area contributed by atoms with Crippen LogP contribution in [0.15, 0.2) is 72.9 Å². The Morgan fingerprint density at radius 2 is 1.46 bits per heavy atom. The molecule has 0 spiro atoms. The van der Waals surface area contributed by atoms with Gasteiger partial charge in [0.05, 0.1) is 23.6 Å². The molecule has 1 N–H and O–H groups in total. The molecule has 0 unspecified atom stereocenters. The number of rotatable bonds is 4. The number of nitrogens with zero attached hydrogens (tertiary/aromatic N) is 3. The third kappa shape index (κ3) is 3.10. The minimum atomic E-state index is 0.137. The van der Waals surface area contributed by atoms with E-state index >= 15 is 0 Å². The highest BCUT2D eigenvalue weighted by Gasteiger charge is 2.27. The first-order chi connectivity index (χ1) is 13.7. The van der Waals surface area contributed by atoms with Crippen molar-refractivity contribution >= 4 is 23.2 Å². The van der Waals surface area contributed by atoms with Gasteiger partial charge in [-0.25, -0.2) is 4.68 Å². The molecule has 4 aromatic rings. The number of halogens is 2. The number of aromatic nitrogens is 3. The first kappa shape index (κ1) is 17.4. The molecule has 0 aliphatic heterocycles. The largest absolute Gasteiger partial charge is 0.300 e. The Labute approximate surface area is 172 Å². The Kier molecular flexibility index (Phi) is 4.40. The van der Waals surface area contributed by atoms with E-state index in [2.05, 4.69) is 64.2 Å². The van der Waals surface area contributed by atoms with E-state index in [-0.39, 0.29) is 6.04 Å². The van der Waals surface area contributed by atoms with Crippen LogP contribution in [0.25, 0.3) is 16.8 Å². The highest BCUT2D eigenvalue weighted by Crippen LogP contribution is 2.43. The second-order valence-electron chi connectivity index (χ2n) is 6.77. The molecule has 1 aromatic heterocycles. The molecule has 5 rings (SSSR count). The molecule has 0 bridgehead atoms. The minimum Gasteiger partial charge on any atom is -0.300 e. The van der Waals surface area contributed by atoms with E-state index < -0.39 is 0 Å². The van der Waals surface area contributed by atoms with Crippen molar-refractivity contribution in [2.75, 3.05) is 0 Å². The maximum Gasteiger partial charge on any atom is 0.0969 e. The van der Waals surface area contributed by atoms with Gasteiger partial charge in [0.1, 0.15) is 0 Å². The second-order valence-corrected chi connectivity index (χ2v) is 7.64. The Balaban J connectivity index is 1.40. The normalized spacial score (nSPS) is 12.8. The summed E-state index contributed by atoms with van der Waals surface area (Å²) in [5.74, 6) is 0. The number of nitrogens with one attached hydrogen (secondary N) is 1. The van der Waals surface area contributed by atoms with Crippen molar-refractivity contribution in [2.45, 2.75) is 12.6 Å². The SMILES string of the molecule is Clc1cc(Cl)cc(-n2cc(CNC3c4ccccc4-c4ccccc43)nn2)c1. The molecule has 6 heteroatoms. The van der Waals surface area contributed by atoms with E-state index in [1.165, 1.54) is 22.3 Å². The summed E-state index contributed by atoms with van der Waals surface area (Å²) in [5, 5.41) is 13.3. The number of benzene rings is 3. The summed E-state index contributed by atoms with van der Waals surface area (Å²) in [6.07, 6.45) is 1.89. The van der Waals surface area contributed by atoms with Crippen molar-refractivity contribution in [2.24, 2.45) is 0 Å². The van der Waals surface area contributed by atoms with Crippen LogP contribution in [0.4, 0.5) is 0 Å². The molecule has 0 atom stereocenters. The van der Waals surface area contributed by atoms with E-state index in [0.29, 0.717) is 16.6 Å². The zero-order chi connectivity index (χ0) is 19.1. The Bertz CT molecular complexity index is 1100. The average molecular weight is 407 g/mol. The molecule has 28 heavy (non-hydrogen) atoms. The molecular formula is C22H16Cl2N4. The lowest BCUT2D eigenvalue weighted by atomic mass is 10.1. The maximum absolute atomic E-state index is 6.09. The second kappa shape index (κ2) is 7.06. The van der Waals surface area contributed by atoms with Gasteiger partial charge in [0.15, 0.2) is 0 Å². The van der Waals surface area contributed by atoms with Gasteiger partial charge in [-0.05, 0) is 40.5 Å². The van der Waals surface area contributed by atoms with Crippen molar-refractivity contribution in [3.05, 3.63) is 99.8 Å². The summed E-state index contributed by atoms with van der Waals surface area (Å²) < 4.78 is 1.69. The fourth-order valence-electron chi connectivity index (χ4n) is 3.76. The number of hydrogen-bond donors (Lipinski definition) is 1. The van der Waals surface area contributed by atoms with Gasteiger partial charge < -0.3 is 5.32 Å². The lowest BCUT2D eigenvalue weighted by molar-refractivity contribution is 0.605. The van der Waals surface area contributed by atoms with Gasteiger partial charge in [0.2, 0.25) is 0 Å². The fourth-order valence-corrected chi connectivity index (χ4v) is 4.27. The summed E-state index contributed by atoms with van der Waals surface area (Å²) >= 11 is 12.2. The Morgan fingerprint density at radius 3 is 2.11 bits per heavy atom. The molecule has 0 saturated carbocycles. The molecule has 0 amide bonds. The Morgan fingerprint density at radius 1 is 0.857 bits per heavy atom.